The van der Waals surface area contributed by atoms with Gasteiger partial charge in [0.25, 0.3) is 5.91 Å². The fraction of sp³-hybridized carbons (Fsp3) is 0.333. The Labute approximate surface area is 148 Å². The van der Waals surface area contributed by atoms with Crippen LogP contribution in [0, 0.1) is 5.92 Å². The largest absolute Gasteiger partial charge is 0.367 e. The summed E-state index contributed by atoms with van der Waals surface area (Å²) in [5, 5.41) is 2.94. The minimum atomic E-state index is -0.165. The maximum absolute atomic E-state index is 12.2. The first-order chi connectivity index (χ1) is 11.0. The molecule has 24 heavy (non-hydrogen) atoms. The summed E-state index contributed by atoms with van der Waals surface area (Å²) in [5.74, 6) is 0.227. The smallest absolute Gasteiger partial charge is 0.251 e. The molecule has 0 fully saturated rings. The van der Waals surface area contributed by atoms with Crippen LogP contribution in [0.1, 0.15) is 46.5 Å². The number of carbonyl (C=O) groups excluding carboxylic acids is 2. The average molecular weight is 350 g/mol. The summed E-state index contributed by atoms with van der Waals surface area (Å²) in [6.07, 6.45) is 4.20. The van der Waals surface area contributed by atoms with Crippen molar-refractivity contribution >= 4 is 24.1 Å². The van der Waals surface area contributed by atoms with Crippen molar-refractivity contribution in [3.8, 4) is 0 Å². The highest BCUT2D eigenvalue weighted by Gasteiger charge is 2.15. The summed E-state index contributed by atoms with van der Waals surface area (Å²) in [6.45, 7) is 4.60. The summed E-state index contributed by atoms with van der Waals surface area (Å²) < 4.78 is 0. The van der Waals surface area contributed by atoms with Crippen LogP contribution in [0.2, 0.25) is 0 Å². The second-order valence-electron chi connectivity index (χ2n) is 6.04. The van der Waals surface area contributed by atoms with Crippen molar-refractivity contribution in [2.75, 3.05) is 6.54 Å². The molecule has 1 unspecified atom stereocenters. The highest BCUT2D eigenvalue weighted by molar-refractivity contribution is 6.09. The van der Waals surface area contributed by atoms with Crippen molar-refractivity contribution in [2.24, 2.45) is 11.7 Å². The quantitative estimate of drug-likeness (QED) is 0.671. The molecular weight excluding hydrogens is 326 g/mol. The van der Waals surface area contributed by atoms with Crippen molar-refractivity contribution in [3.05, 3.63) is 59.4 Å². The monoisotopic (exact) mass is 349 g/mol. The molecule has 130 valence electrons. The standard InChI is InChI=1S/C18H23N3O2.ClH/c1-12(2)9-16(10-19)21-18(23)14-5-3-13(4-6-14)17(22)15-7-8-20-11-15;/h3-8,11-12,16,20H,9-10,19H2,1-2H3,(H,21,23);1H. The summed E-state index contributed by atoms with van der Waals surface area (Å²) in [4.78, 5) is 27.3. The molecule has 0 aliphatic heterocycles. The second kappa shape index (κ2) is 9.25. The third-order valence-electron chi connectivity index (χ3n) is 3.65. The number of nitrogens with one attached hydrogen (secondary N) is 2. The van der Waals surface area contributed by atoms with E-state index in [0.717, 1.165) is 6.42 Å². The van der Waals surface area contributed by atoms with E-state index in [1.165, 1.54) is 0 Å². The van der Waals surface area contributed by atoms with Crippen LogP contribution in [0.4, 0.5) is 0 Å². The zero-order chi connectivity index (χ0) is 16.8. The second-order valence-corrected chi connectivity index (χ2v) is 6.04. The van der Waals surface area contributed by atoms with Crippen molar-refractivity contribution < 1.29 is 9.59 Å². The van der Waals surface area contributed by atoms with E-state index >= 15 is 0 Å². The molecule has 0 bridgehead atoms. The zero-order valence-corrected chi connectivity index (χ0v) is 14.7. The van der Waals surface area contributed by atoms with Crippen LogP contribution in [0.3, 0.4) is 0 Å². The van der Waals surface area contributed by atoms with Crippen LogP contribution < -0.4 is 11.1 Å². The number of rotatable bonds is 7. The Morgan fingerprint density at radius 1 is 1.08 bits per heavy atom. The normalized spacial score (nSPS) is 11.7. The molecule has 1 aromatic carbocycles. The predicted octanol–water partition coefficient (Wildman–Crippen LogP) is 2.77. The summed E-state index contributed by atoms with van der Waals surface area (Å²) in [6, 6.07) is 8.36. The highest BCUT2D eigenvalue weighted by Crippen LogP contribution is 2.11. The van der Waals surface area contributed by atoms with E-state index in [2.05, 4.69) is 24.1 Å². The Bertz CT molecular complexity index is 651. The van der Waals surface area contributed by atoms with Gasteiger partial charge in [-0.1, -0.05) is 26.0 Å². The number of ketones is 1. The number of amides is 1. The molecule has 4 N–H and O–H groups in total. The summed E-state index contributed by atoms with van der Waals surface area (Å²) >= 11 is 0. The predicted molar refractivity (Wildman–Crippen MR) is 97.7 cm³/mol. The third-order valence-corrected chi connectivity index (χ3v) is 3.65. The fourth-order valence-electron chi connectivity index (χ4n) is 2.46. The first-order valence-electron chi connectivity index (χ1n) is 7.79. The number of hydrogen-bond donors (Lipinski definition) is 3. The maximum atomic E-state index is 12.2. The molecular formula is C18H24ClN3O2. The number of halogens is 1. The van der Waals surface area contributed by atoms with Gasteiger partial charge in [0.1, 0.15) is 0 Å². The van der Waals surface area contributed by atoms with E-state index < -0.39 is 0 Å². The molecule has 0 saturated carbocycles. The Morgan fingerprint density at radius 3 is 2.21 bits per heavy atom. The van der Waals surface area contributed by atoms with Gasteiger partial charge in [-0.2, -0.15) is 0 Å². The average Bonchev–Trinajstić information content (AvgIpc) is 3.07. The molecule has 1 atom stereocenters. The Kier molecular flexibility index (Phi) is 7.68. The van der Waals surface area contributed by atoms with E-state index in [9.17, 15) is 9.59 Å². The van der Waals surface area contributed by atoms with Crippen LogP contribution in [-0.4, -0.2) is 29.3 Å². The lowest BCUT2D eigenvalue weighted by Crippen LogP contribution is -2.41. The number of H-pyrrole nitrogens is 1. The molecule has 0 aliphatic rings. The van der Waals surface area contributed by atoms with E-state index in [1.807, 2.05) is 0 Å². The third kappa shape index (κ3) is 5.22. The van der Waals surface area contributed by atoms with Gasteiger partial charge in [-0.25, -0.2) is 0 Å². The lowest BCUT2D eigenvalue weighted by molar-refractivity contribution is 0.0932. The fourth-order valence-corrected chi connectivity index (χ4v) is 2.46. The van der Waals surface area contributed by atoms with Crippen molar-refractivity contribution in [3.63, 3.8) is 0 Å². The topological polar surface area (TPSA) is 88.0 Å². The van der Waals surface area contributed by atoms with E-state index in [1.54, 1.807) is 42.7 Å². The number of aromatic nitrogens is 1. The van der Waals surface area contributed by atoms with Gasteiger partial charge in [-0.15, -0.1) is 12.4 Å². The molecule has 6 heteroatoms. The number of nitrogens with two attached hydrogens (primary N) is 1. The molecule has 1 heterocycles. The first kappa shape index (κ1) is 19.9. The van der Waals surface area contributed by atoms with Crippen LogP contribution in [0.25, 0.3) is 0 Å². The van der Waals surface area contributed by atoms with Gasteiger partial charge in [0.15, 0.2) is 5.78 Å². The Balaban J connectivity index is 0.00000288. The van der Waals surface area contributed by atoms with Crippen molar-refractivity contribution in [1.29, 1.82) is 0 Å². The van der Waals surface area contributed by atoms with Gasteiger partial charge in [-0.3, -0.25) is 9.59 Å². The number of benzene rings is 1. The molecule has 0 radical (unpaired) electrons. The number of carbonyl (C=O) groups is 2. The van der Waals surface area contributed by atoms with Crippen molar-refractivity contribution in [1.82, 2.24) is 10.3 Å². The Morgan fingerprint density at radius 2 is 1.71 bits per heavy atom. The van der Waals surface area contributed by atoms with Gasteiger partial charge < -0.3 is 16.0 Å². The van der Waals surface area contributed by atoms with Crippen LogP contribution in [0.15, 0.2) is 42.7 Å². The van der Waals surface area contributed by atoms with E-state index in [4.69, 9.17) is 5.73 Å². The molecule has 2 aromatic rings. The van der Waals surface area contributed by atoms with Crippen LogP contribution >= 0.6 is 12.4 Å². The SMILES string of the molecule is CC(C)CC(CN)NC(=O)c1ccc(C(=O)c2cc[nH]c2)cc1.Cl. The van der Waals surface area contributed by atoms with Crippen molar-refractivity contribution in [2.45, 2.75) is 26.3 Å². The van der Waals surface area contributed by atoms with E-state index in [0.29, 0.717) is 29.2 Å². The van der Waals surface area contributed by atoms with Crippen LogP contribution in [-0.2, 0) is 0 Å². The molecule has 2 rings (SSSR count). The molecule has 0 saturated heterocycles. The number of aromatic amines is 1. The van der Waals surface area contributed by atoms with Gasteiger partial charge in [0.2, 0.25) is 0 Å². The summed E-state index contributed by atoms with van der Waals surface area (Å²) in [7, 11) is 0. The molecule has 0 spiro atoms. The van der Waals surface area contributed by atoms with Gasteiger partial charge in [-0.05, 0) is 30.5 Å². The maximum Gasteiger partial charge on any atom is 0.251 e. The van der Waals surface area contributed by atoms with Gasteiger partial charge in [0.05, 0.1) is 0 Å². The minimum absolute atomic E-state index is 0. The molecule has 1 aromatic heterocycles. The van der Waals surface area contributed by atoms with Crippen LogP contribution in [0.5, 0.6) is 0 Å². The van der Waals surface area contributed by atoms with E-state index in [-0.39, 0.29) is 30.1 Å². The zero-order valence-electron chi connectivity index (χ0n) is 13.9. The lowest BCUT2D eigenvalue weighted by Gasteiger charge is -2.18. The molecule has 1 amide bonds. The lowest BCUT2D eigenvalue weighted by atomic mass is 10.0. The first-order valence-corrected chi connectivity index (χ1v) is 7.79. The number of hydrogen-bond acceptors (Lipinski definition) is 3. The Hall–Kier alpha value is -2.11. The molecule has 0 aliphatic carbocycles. The van der Waals surface area contributed by atoms with Gasteiger partial charge >= 0.3 is 0 Å². The highest BCUT2D eigenvalue weighted by atomic mass is 35.5. The minimum Gasteiger partial charge on any atom is -0.367 e. The van der Waals surface area contributed by atoms with Gasteiger partial charge in [0, 0.05) is 41.7 Å². The molecule has 5 nitrogen and oxygen atoms in total. The summed E-state index contributed by atoms with van der Waals surface area (Å²) in [5.41, 5.74) is 7.38.